The second-order valence-electron chi connectivity index (χ2n) is 3.80. The zero-order chi connectivity index (χ0) is 13.1. The molecule has 0 aliphatic carbocycles. The molecular formula is C11H12BrF2NO2. The second kappa shape index (κ2) is 5.44. The Bertz CT molecular complexity index is 405. The summed E-state index contributed by atoms with van der Waals surface area (Å²) in [6.45, 7) is 0.378. The lowest BCUT2D eigenvalue weighted by molar-refractivity contribution is -0.117. The van der Waals surface area contributed by atoms with E-state index in [2.05, 4.69) is 26.0 Å². The molecule has 1 aromatic carbocycles. The third-order valence-corrected chi connectivity index (χ3v) is 2.25. The molecule has 1 N–H and O–H groups in total. The first-order valence-corrected chi connectivity index (χ1v) is 5.64. The second-order valence-corrected chi connectivity index (χ2v) is 5.78. The van der Waals surface area contributed by atoms with Crippen LogP contribution in [0.5, 0.6) is 5.75 Å². The van der Waals surface area contributed by atoms with Crippen LogP contribution in [0.25, 0.3) is 0 Å². The van der Waals surface area contributed by atoms with Gasteiger partial charge in [0.1, 0.15) is 5.75 Å². The van der Waals surface area contributed by atoms with Gasteiger partial charge in [-0.15, -0.1) is 0 Å². The molecule has 0 saturated heterocycles. The van der Waals surface area contributed by atoms with Crippen LogP contribution in [-0.2, 0) is 4.79 Å². The van der Waals surface area contributed by atoms with E-state index in [1.165, 1.54) is 12.1 Å². The van der Waals surface area contributed by atoms with Crippen molar-refractivity contribution in [3.63, 3.8) is 0 Å². The van der Waals surface area contributed by atoms with E-state index >= 15 is 0 Å². The molecule has 0 fully saturated rings. The van der Waals surface area contributed by atoms with Gasteiger partial charge in [0.15, 0.2) is 0 Å². The first-order valence-electron chi connectivity index (χ1n) is 4.85. The van der Waals surface area contributed by atoms with Gasteiger partial charge in [-0.05, 0) is 26.0 Å². The monoisotopic (exact) mass is 307 g/mol. The molecule has 17 heavy (non-hydrogen) atoms. The molecule has 0 unspecified atom stereocenters. The molecule has 0 aliphatic heterocycles. The zero-order valence-corrected chi connectivity index (χ0v) is 10.9. The van der Waals surface area contributed by atoms with E-state index in [-0.39, 0.29) is 17.3 Å². The molecule has 1 amide bonds. The van der Waals surface area contributed by atoms with Crippen molar-refractivity contribution in [3.05, 3.63) is 24.3 Å². The van der Waals surface area contributed by atoms with Gasteiger partial charge < -0.3 is 10.1 Å². The molecule has 1 aromatic rings. The van der Waals surface area contributed by atoms with Gasteiger partial charge in [-0.2, -0.15) is 8.78 Å². The number of ether oxygens (including phenoxy) is 1. The van der Waals surface area contributed by atoms with E-state index in [1.54, 1.807) is 26.0 Å². The smallest absolute Gasteiger partial charge is 0.387 e. The number of benzene rings is 1. The number of nitrogens with one attached hydrogen (secondary N) is 1. The van der Waals surface area contributed by atoms with Gasteiger partial charge >= 0.3 is 6.61 Å². The Morgan fingerprint density at radius 3 is 2.53 bits per heavy atom. The average Bonchev–Trinajstić information content (AvgIpc) is 2.18. The molecule has 3 nitrogen and oxygen atoms in total. The van der Waals surface area contributed by atoms with Gasteiger partial charge in [-0.25, -0.2) is 0 Å². The quantitative estimate of drug-likeness (QED) is 0.866. The maximum absolute atomic E-state index is 12.1. The first kappa shape index (κ1) is 13.9. The highest BCUT2D eigenvalue weighted by molar-refractivity contribution is 9.10. The Morgan fingerprint density at radius 1 is 1.41 bits per heavy atom. The molecule has 0 spiro atoms. The number of alkyl halides is 3. The summed E-state index contributed by atoms with van der Waals surface area (Å²) in [7, 11) is 0. The van der Waals surface area contributed by atoms with Crippen LogP contribution in [0.2, 0.25) is 0 Å². The van der Waals surface area contributed by atoms with Crippen molar-refractivity contribution in [2.75, 3.05) is 5.32 Å². The summed E-state index contributed by atoms with van der Waals surface area (Å²) in [5.74, 6) is -0.407. The van der Waals surface area contributed by atoms with Gasteiger partial charge in [0.05, 0.1) is 10.0 Å². The van der Waals surface area contributed by atoms with Crippen LogP contribution in [0.1, 0.15) is 13.8 Å². The van der Waals surface area contributed by atoms with Crippen LogP contribution in [-0.4, -0.2) is 16.8 Å². The fourth-order valence-corrected chi connectivity index (χ4v) is 1.14. The minimum atomic E-state index is -2.93. The number of para-hydroxylation sites is 2. The number of carbonyl (C=O) groups is 1. The fraction of sp³-hybridized carbons (Fsp3) is 0.364. The summed E-state index contributed by atoms with van der Waals surface area (Å²) >= 11 is 3.18. The fourth-order valence-electron chi connectivity index (χ4n) is 1.04. The number of halogens is 3. The molecule has 0 atom stereocenters. The Labute approximate surface area is 106 Å². The predicted molar refractivity (Wildman–Crippen MR) is 64.7 cm³/mol. The van der Waals surface area contributed by atoms with E-state index in [1.807, 2.05) is 0 Å². The Morgan fingerprint density at radius 2 is 2.00 bits per heavy atom. The summed E-state index contributed by atoms with van der Waals surface area (Å²) in [5.41, 5.74) is 0.213. The molecule has 94 valence electrons. The highest BCUT2D eigenvalue weighted by atomic mass is 79.9. The van der Waals surface area contributed by atoms with Crippen molar-refractivity contribution >= 4 is 27.5 Å². The molecular weight excluding hydrogens is 296 g/mol. The standard InChI is InChI=1S/C11H12BrF2NO2/c1-11(2,12)9(16)15-7-5-3-4-6-8(7)17-10(13)14/h3-6,10H,1-2H3,(H,15,16). The van der Waals surface area contributed by atoms with Crippen LogP contribution in [0.15, 0.2) is 24.3 Å². The highest BCUT2D eigenvalue weighted by Crippen LogP contribution is 2.27. The van der Waals surface area contributed by atoms with Crippen LogP contribution in [0.3, 0.4) is 0 Å². The van der Waals surface area contributed by atoms with Crippen LogP contribution < -0.4 is 10.1 Å². The highest BCUT2D eigenvalue weighted by Gasteiger charge is 2.24. The maximum Gasteiger partial charge on any atom is 0.387 e. The number of rotatable bonds is 4. The molecule has 0 aromatic heterocycles. The van der Waals surface area contributed by atoms with Gasteiger partial charge in [-0.3, -0.25) is 4.79 Å². The summed E-state index contributed by atoms with van der Waals surface area (Å²) in [4.78, 5) is 11.7. The van der Waals surface area contributed by atoms with Crippen molar-refractivity contribution in [3.8, 4) is 5.75 Å². The number of anilines is 1. The molecule has 0 radical (unpaired) electrons. The Balaban J connectivity index is 2.87. The van der Waals surface area contributed by atoms with E-state index in [0.717, 1.165) is 0 Å². The molecule has 0 heterocycles. The van der Waals surface area contributed by atoms with Crippen molar-refractivity contribution in [1.29, 1.82) is 0 Å². The van der Waals surface area contributed by atoms with E-state index in [4.69, 9.17) is 0 Å². The first-order chi connectivity index (χ1) is 7.80. The molecule has 0 saturated carbocycles. The van der Waals surface area contributed by atoms with E-state index < -0.39 is 10.9 Å². The van der Waals surface area contributed by atoms with Crippen molar-refractivity contribution in [1.82, 2.24) is 0 Å². The SMILES string of the molecule is CC(C)(Br)C(=O)Nc1ccccc1OC(F)F. The molecule has 0 bridgehead atoms. The number of amides is 1. The normalized spacial score (nSPS) is 11.4. The Kier molecular flexibility index (Phi) is 4.45. The molecule has 0 aliphatic rings. The van der Waals surface area contributed by atoms with Gasteiger partial charge in [0.2, 0.25) is 5.91 Å². The van der Waals surface area contributed by atoms with Crippen molar-refractivity contribution in [2.45, 2.75) is 24.8 Å². The number of hydrogen-bond acceptors (Lipinski definition) is 2. The summed E-state index contributed by atoms with van der Waals surface area (Å²) in [6, 6.07) is 6.03. The van der Waals surface area contributed by atoms with Crippen molar-refractivity contribution in [2.24, 2.45) is 0 Å². The summed E-state index contributed by atoms with van der Waals surface area (Å²) in [5, 5.41) is 2.51. The molecule has 1 rings (SSSR count). The van der Waals surface area contributed by atoms with Crippen LogP contribution >= 0.6 is 15.9 Å². The van der Waals surface area contributed by atoms with Gasteiger partial charge in [0, 0.05) is 0 Å². The lowest BCUT2D eigenvalue weighted by atomic mass is 10.2. The van der Waals surface area contributed by atoms with E-state index in [9.17, 15) is 13.6 Å². The largest absolute Gasteiger partial charge is 0.433 e. The lowest BCUT2D eigenvalue weighted by Crippen LogP contribution is -2.31. The summed E-state index contributed by atoms with van der Waals surface area (Å²) < 4.78 is 27.8. The van der Waals surface area contributed by atoms with Crippen LogP contribution in [0, 0.1) is 0 Å². The third kappa shape index (κ3) is 4.30. The summed E-state index contributed by atoms with van der Waals surface area (Å²) in [6.07, 6.45) is 0. The van der Waals surface area contributed by atoms with Gasteiger partial charge in [-0.1, -0.05) is 28.1 Å². The minimum Gasteiger partial charge on any atom is -0.433 e. The Hall–Kier alpha value is -1.17. The predicted octanol–water partition coefficient (Wildman–Crippen LogP) is 3.40. The maximum atomic E-state index is 12.1. The zero-order valence-electron chi connectivity index (χ0n) is 9.34. The average molecular weight is 308 g/mol. The number of carbonyl (C=O) groups excluding carboxylic acids is 1. The van der Waals surface area contributed by atoms with E-state index in [0.29, 0.717) is 0 Å². The van der Waals surface area contributed by atoms with Gasteiger partial charge in [0.25, 0.3) is 0 Å². The molecule has 6 heteroatoms. The van der Waals surface area contributed by atoms with Crippen molar-refractivity contribution < 1.29 is 18.3 Å². The lowest BCUT2D eigenvalue weighted by Gasteiger charge is -2.17. The van der Waals surface area contributed by atoms with Crippen LogP contribution in [0.4, 0.5) is 14.5 Å². The minimum absolute atomic E-state index is 0.0624. The topological polar surface area (TPSA) is 38.3 Å². The number of hydrogen-bond donors (Lipinski definition) is 1. The third-order valence-electron chi connectivity index (χ3n) is 1.89.